The zero-order valence-corrected chi connectivity index (χ0v) is 17.6. The number of pyridine rings is 1. The van der Waals surface area contributed by atoms with Crippen LogP contribution in [0.3, 0.4) is 0 Å². The minimum atomic E-state index is 0.0629. The minimum absolute atomic E-state index is 0.0629. The van der Waals surface area contributed by atoms with Crippen LogP contribution < -0.4 is 0 Å². The van der Waals surface area contributed by atoms with Gasteiger partial charge in [-0.05, 0) is 57.2 Å². The number of imidazole rings is 1. The highest BCUT2D eigenvalue weighted by molar-refractivity contribution is 5.93. The predicted molar refractivity (Wildman–Crippen MR) is 114 cm³/mol. The molecule has 3 saturated heterocycles. The van der Waals surface area contributed by atoms with Gasteiger partial charge in [0.2, 0.25) is 5.91 Å². The second-order valence-corrected chi connectivity index (χ2v) is 8.96. The van der Waals surface area contributed by atoms with Crippen molar-refractivity contribution in [2.45, 2.75) is 44.6 Å². The van der Waals surface area contributed by atoms with Gasteiger partial charge in [-0.25, -0.2) is 4.98 Å². The Hall–Kier alpha value is -2.41. The number of carbonyl (C=O) groups is 2. The van der Waals surface area contributed by atoms with Crippen molar-refractivity contribution in [2.75, 3.05) is 39.3 Å². The lowest BCUT2D eigenvalue weighted by Gasteiger charge is -2.42. The molecule has 7 heteroatoms. The molecule has 0 N–H and O–H groups in total. The summed E-state index contributed by atoms with van der Waals surface area (Å²) in [5.74, 6) is 0.597. The molecule has 0 radical (unpaired) electrons. The van der Waals surface area contributed by atoms with E-state index in [1.54, 1.807) is 6.20 Å². The molecule has 160 valence electrons. The Bertz CT molecular complexity index is 911. The van der Waals surface area contributed by atoms with Crippen LogP contribution in [0.15, 0.2) is 30.6 Å². The Morgan fingerprint density at radius 3 is 2.50 bits per heavy atom. The zero-order chi connectivity index (χ0) is 20.5. The molecule has 0 aliphatic carbocycles. The highest BCUT2D eigenvalue weighted by atomic mass is 16.2. The first kappa shape index (κ1) is 19.5. The molecule has 2 amide bonds. The minimum Gasteiger partial charge on any atom is -0.342 e. The summed E-state index contributed by atoms with van der Waals surface area (Å²) < 4.78 is 1.87. The zero-order valence-electron chi connectivity index (χ0n) is 17.6. The molecule has 7 nitrogen and oxygen atoms in total. The largest absolute Gasteiger partial charge is 0.342 e. The first-order valence-electron chi connectivity index (χ1n) is 11.4. The number of amides is 2. The van der Waals surface area contributed by atoms with Crippen LogP contribution in [0.4, 0.5) is 0 Å². The third-order valence-electron chi connectivity index (χ3n) is 7.12. The molecular weight excluding hydrogens is 378 g/mol. The molecule has 5 heterocycles. The van der Waals surface area contributed by atoms with E-state index in [9.17, 15) is 9.59 Å². The summed E-state index contributed by atoms with van der Waals surface area (Å²) in [5, 5.41) is 0. The van der Waals surface area contributed by atoms with Crippen LogP contribution in [0.2, 0.25) is 0 Å². The third kappa shape index (κ3) is 3.71. The molecule has 30 heavy (non-hydrogen) atoms. The first-order valence-corrected chi connectivity index (χ1v) is 11.4. The van der Waals surface area contributed by atoms with Gasteiger partial charge in [-0.2, -0.15) is 0 Å². The van der Waals surface area contributed by atoms with E-state index < -0.39 is 0 Å². The Morgan fingerprint density at radius 2 is 1.70 bits per heavy atom. The number of hydrogen-bond donors (Lipinski definition) is 0. The van der Waals surface area contributed by atoms with Crippen molar-refractivity contribution in [2.24, 2.45) is 5.92 Å². The van der Waals surface area contributed by atoms with Crippen molar-refractivity contribution >= 4 is 17.5 Å². The molecule has 3 fully saturated rings. The Labute approximate surface area is 177 Å². The van der Waals surface area contributed by atoms with Crippen molar-refractivity contribution < 1.29 is 9.59 Å². The van der Waals surface area contributed by atoms with Gasteiger partial charge in [0, 0.05) is 45.0 Å². The lowest BCUT2D eigenvalue weighted by Crippen LogP contribution is -2.51. The van der Waals surface area contributed by atoms with E-state index in [1.807, 2.05) is 33.7 Å². The van der Waals surface area contributed by atoms with Gasteiger partial charge >= 0.3 is 0 Å². The molecule has 3 aliphatic rings. The van der Waals surface area contributed by atoms with Crippen molar-refractivity contribution in [3.63, 3.8) is 0 Å². The average molecular weight is 410 g/mol. The number of fused-ring (bicyclic) bond motifs is 1. The number of rotatable bonds is 3. The molecule has 0 saturated carbocycles. The summed E-state index contributed by atoms with van der Waals surface area (Å²) in [6.45, 7) is 5.39. The van der Waals surface area contributed by atoms with Crippen molar-refractivity contribution in [1.82, 2.24) is 24.1 Å². The van der Waals surface area contributed by atoms with Gasteiger partial charge in [0.15, 0.2) is 0 Å². The maximum Gasteiger partial charge on any atom is 0.272 e. The molecule has 0 aromatic carbocycles. The van der Waals surface area contributed by atoms with E-state index in [2.05, 4.69) is 14.8 Å². The van der Waals surface area contributed by atoms with Gasteiger partial charge in [-0.3, -0.25) is 18.9 Å². The van der Waals surface area contributed by atoms with Gasteiger partial charge in [-0.1, -0.05) is 6.07 Å². The quantitative estimate of drug-likeness (QED) is 0.780. The van der Waals surface area contributed by atoms with Gasteiger partial charge in [0.1, 0.15) is 11.3 Å². The highest BCUT2D eigenvalue weighted by Gasteiger charge is 2.35. The summed E-state index contributed by atoms with van der Waals surface area (Å²) >= 11 is 0. The molecular formula is C23H31N5O2. The molecule has 0 bridgehead atoms. The van der Waals surface area contributed by atoms with Gasteiger partial charge in [0.05, 0.1) is 12.1 Å². The van der Waals surface area contributed by atoms with E-state index >= 15 is 0 Å². The molecule has 0 unspecified atom stereocenters. The van der Waals surface area contributed by atoms with E-state index in [4.69, 9.17) is 0 Å². The Morgan fingerprint density at radius 1 is 0.900 bits per heavy atom. The average Bonchev–Trinajstić information content (AvgIpc) is 3.49. The van der Waals surface area contributed by atoms with E-state index in [0.29, 0.717) is 17.6 Å². The summed E-state index contributed by atoms with van der Waals surface area (Å²) in [7, 11) is 0. The van der Waals surface area contributed by atoms with E-state index in [-0.39, 0.29) is 11.8 Å². The lowest BCUT2D eigenvalue weighted by atomic mass is 9.93. The van der Waals surface area contributed by atoms with Crippen LogP contribution in [0, 0.1) is 5.92 Å². The predicted octanol–water partition coefficient (Wildman–Crippen LogP) is 2.27. The maximum absolute atomic E-state index is 13.0. The molecule has 0 spiro atoms. The maximum atomic E-state index is 13.0. The van der Waals surface area contributed by atoms with E-state index in [0.717, 1.165) is 83.4 Å². The first-order chi connectivity index (χ1) is 14.7. The topological polar surface area (TPSA) is 61.2 Å². The highest BCUT2D eigenvalue weighted by Crippen LogP contribution is 2.26. The fourth-order valence-electron chi connectivity index (χ4n) is 5.42. The molecule has 5 rings (SSSR count). The fourth-order valence-corrected chi connectivity index (χ4v) is 5.42. The Balaban J connectivity index is 1.18. The van der Waals surface area contributed by atoms with E-state index in [1.165, 1.54) is 0 Å². The number of nitrogens with zero attached hydrogens (tertiary/aromatic N) is 5. The lowest BCUT2D eigenvalue weighted by molar-refractivity contribution is -0.136. The second kappa shape index (κ2) is 8.38. The molecule has 1 atom stereocenters. The number of likely N-dealkylation sites (tertiary alicyclic amines) is 3. The van der Waals surface area contributed by atoms with Crippen LogP contribution >= 0.6 is 0 Å². The van der Waals surface area contributed by atoms with Gasteiger partial charge < -0.3 is 9.80 Å². The van der Waals surface area contributed by atoms with Crippen LogP contribution in [0.5, 0.6) is 0 Å². The number of aromatic nitrogens is 2. The molecule has 2 aromatic heterocycles. The number of hydrogen-bond acceptors (Lipinski definition) is 4. The summed E-state index contributed by atoms with van der Waals surface area (Å²) in [4.78, 5) is 36.8. The monoisotopic (exact) mass is 409 g/mol. The van der Waals surface area contributed by atoms with Gasteiger partial charge in [0.25, 0.3) is 5.91 Å². The van der Waals surface area contributed by atoms with Crippen LogP contribution in [0.1, 0.15) is 49.0 Å². The van der Waals surface area contributed by atoms with Crippen LogP contribution in [-0.2, 0) is 4.79 Å². The van der Waals surface area contributed by atoms with Crippen molar-refractivity contribution in [3.8, 4) is 0 Å². The SMILES string of the molecule is O=C(c1cnc2ccccn12)N1CCC(N2CCC[C@@H](C(=O)N3CCCC3)C2)CC1. The summed E-state index contributed by atoms with van der Waals surface area (Å²) in [5.41, 5.74) is 1.44. The number of carbonyl (C=O) groups excluding carboxylic acids is 2. The Kier molecular flexibility index (Phi) is 5.46. The standard InChI is InChI=1S/C23H31N5O2/c29-22(25-10-3-4-11-25)18-6-5-12-27(17-18)19-8-14-26(15-9-19)23(30)20-16-24-21-7-1-2-13-28(20)21/h1-2,7,13,16,18-19H,3-6,8-12,14-15,17H2/t18-/m1/s1. The van der Waals surface area contributed by atoms with Crippen LogP contribution in [-0.4, -0.2) is 81.2 Å². The van der Waals surface area contributed by atoms with Crippen LogP contribution in [0.25, 0.3) is 5.65 Å². The third-order valence-corrected chi connectivity index (χ3v) is 7.12. The summed E-state index contributed by atoms with van der Waals surface area (Å²) in [6, 6.07) is 6.25. The fraction of sp³-hybridized carbons (Fsp3) is 0.609. The smallest absolute Gasteiger partial charge is 0.272 e. The second-order valence-electron chi connectivity index (χ2n) is 8.96. The van der Waals surface area contributed by atoms with Gasteiger partial charge in [-0.15, -0.1) is 0 Å². The summed E-state index contributed by atoms with van der Waals surface area (Å²) in [6.07, 6.45) is 9.97. The number of piperidine rings is 2. The molecule has 2 aromatic rings. The normalized spacial score (nSPS) is 23.9. The molecule has 3 aliphatic heterocycles. The van der Waals surface area contributed by atoms with Crippen molar-refractivity contribution in [1.29, 1.82) is 0 Å². The van der Waals surface area contributed by atoms with Crippen molar-refractivity contribution in [3.05, 3.63) is 36.3 Å².